The van der Waals surface area contributed by atoms with E-state index < -0.39 is 29.6 Å². The molecule has 268 valence electrons. The molecule has 0 saturated carbocycles. The van der Waals surface area contributed by atoms with Crippen LogP contribution in [0, 0.1) is 76.2 Å². The first-order chi connectivity index (χ1) is 23.7. The summed E-state index contributed by atoms with van der Waals surface area (Å²) < 4.78 is 22.7. The molecule has 0 radical (unpaired) electrons. The lowest BCUT2D eigenvalue weighted by molar-refractivity contribution is 0.0690. The highest BCUT2D eigenvalue weighted by atomic mass is 16.5. The maximum atomic E-state index is 13.7. The molecule has 0 heterocycles. The van der Waals surface area contributed by atoms with Crippen LogP contribution in [-0.2, 0) is 0 Å². The predicted molar refractivity (Wildman–Crippen MR) is 190 cm³/mol. The maximum absolute atomic E-state index is 13.7. The Balaban J connectivity index is 1.66. The van der Waals surface area contributed by atoms with Gasteiger partial charge in [0.25, 0.3) is 0 Å². The molecule has 0 amide bonds. The molecule has 0 spiro atoms. The topological polar surface area (TPSA) is 166 Å². The minimum absolute atomic E-state index is 0.0240. The minimum Gasteiger partial charge on any atom is -0.508 e. The monoisotopic (exact) mass is 698 g/mol. The fraction of sp³-hybridized carbons (Fsp3) is 0.300. The Labute approximate surface area is 296 Å². The molecule has 0 unspecified atom stereocenters. The van der Waals surface area contributed by atoms with Crippen LogP contribution in [0.25, 0.3) is 0 Å². The van der Waals surface area contributed by atoms with Gasteiger partial charge in [0.2, 0.25) is 0 Å². The van der Waals surface area contributed by atoms with Gasteiger partial charge in [-0.25, -0.2) is 19.2 Å². The van der Waals surface area contributed by atoms with Crippen molar-refractivity contribution >= 4 is 23.9 Å². The molecule has 0 aliphatic heterocycles. The van der Waals surface area contributed by atoms with Crippen LogP contribution in [0.15, 0.2) is 18.2 Å². The smallest absolute Gasteiger partial charge is 0.347 e. The second-order valence-corrected chi connectivity index (χ2v) is 12.8. The number of carboxylic acids is 1. The van der Waals surface area contributed by atoms with Gasteiger partial charge in [0, 0.05) is 11.6 Å². The van der Waals surface area contributed by atoms with Gasteiger partial charge in [0.15, 0.2) is 0 Å². The van der Waals surface area contributed by atoms with E-state index in [-0.39, 0.29) is 62.1 Å². The largest absolute Gasteiger partial charge is 0.508 e. The molecule has 0 aromatic heterocycles. The van der Waals surface area contributed by atoms with Crippen LogP contribution < -0.4 is 18.9 Å². The number of phenolic OH excluding ortho intramolecular Hbond substituents is 2. The van der Waals surface area contributed by atoms with E-state index >= 15 is 0 Å². The average molecular weight is 699 g/mol. The van der Waals surface area contributed by atoms with E-state index in [4.69, 9.17) is 18.9 Å². The zero-order chi connectivity index (χ0) is 38.4. The van der Waals surface area contributed by atoms with Crippen molar-refractivity contribution in [1.82, 2.24) is 0 Å². The lowest BCUT2D eigenvalue weighted by atomic mass is 9.92. The van der Waals surface area contributed by atoms with Crippen molar-refractivity contribution in [3.8, 4) is 34.5 Å². The molecule has 0 saturated heterocycles. The summed E-state index contributed by atoms with van der Waals surface area (Å²) in [5.74, 6) is -3.21. The van der Waals surface area contributed by atoms with Gasteiger partial charge >= 0.3 is 23.9 Å². The molecule has 0 fully saturated rings. The Kier molecular flexibility index (Phi) is 10.6. The highest BCUT2D eigenvalue weighted by Crippen LogP contribution is 2.39. The first kappa shape index (κ1) is 38.0. The van der Waals surface area contributed by atoms with E-state index in [1.54, 1.807) is 69.2 Å². The summed E-state index contributed by atoms with van der Waals surface area (Å²) in [4.78, 5) is 52.4. The molecular formula is C40H42O11. The molecule has 11 heteroatoms. The second-order valence-electron chi connectivity index (χ2n) is 12.8. The molecule has 4 rings (SSSR count). The van der Waals surface area contributed by atoms with Gasteiger partial charge in [-0.2, -0.15) is 0 Å². The number of hydrogen-bond acceptors (Lipinski definition) is 10. The van der Waals surface area contributed by atoms with Crippen LogP contribution in [0.4, 0.5) is 0 Å². The molecule has 0 aliphatic rings. The number of aryl methyl sites for hydroxylation is 2. The quantitative estimate of drug-likeness (QED) is 0.121. The van der Waals surface area contributed by atoms with Gasteiger partial charge in [-0.1, -0.05) is 0 Å². The number of ether oxygens (including phenoxy) is 4. The summed E-state index contributed by atoms with van der Waals surface area (Å²) in [6, 6.07) is 4.21. The van der Waals surface area contributed by atoms with E-state index in [1.165, 1.54) is 32.2 Å². The van der Waals surface area contributed by atoms with Crippen LogP contribution >= 0.6 is 0 Å². The van der Waals surface area contributed by atoms with Crippen molar-refractivity contribution in [1.29, 1.82) is 0 Å². The summed E-state index contributed by atoms with van der Waals surface area (Å²) in [7, 11) is 1.38. The van der Waals surface area contributed by atoms with Crippen molar-refractivity contribution in [2.24, 2.45) is 0 Å². The standard InChI is InChI=1S/C40H42O11/c1-16-13-27(41)15-29(48-12)30(16)38(45)50-36-24(9)20(5)33(21(6)25(36)10)40(47)49-28-14-17(2)31(34(42)26(28)11)39(46)51-35-22(7)18(3)32(37(43)44)19(4)23(35)8/h13-15,41-42H,1-12H3,(H,43,44). The molecule has 11 nitrogen and oxygen atoms in total. The third-order valence-electron chi connectivity index (χ3n) is 9.74. The first-order valence-corrected chi connectivity index (χ1v) is 16.1. The minimum atomic E-state index is -1.08. The molecule has 4 aromatic carbocycles. The van der Waals surface area contributed by atoms with E-state index in [0.29, 0.717) is 50.1 Å². The van der Waals surface area contributed by atoms with Crippen LogP contribution in [0.5, 0.6) is 34.5 Å². The number of aromatic hydroxyl groups is 2. The summed E-state index contributed by atoms with van der Waals surface area (Å²) in [6.07, 6.45) is 0. The Morgan fingerprint density at radius 3 is 1.33 bits per heavy atom. The summed E-state index contributed by atoms with van der Waals surface area (Å²) in [5.41, 5.74) is 5.20. The zero-order valence-corrected chi connectivity index (χ0v) is 30.8. The zero-order valence-electron chi connectivity index (χ0n) is 30.8. The number of rotatable bonds is 8. The summed E-state index contributed by atoms with van der Waals surface area (Å²) >= 11 is 0. The van der Waals surface area contributed by atoms with Crippen molar-refractivity contribution in [3.05, 3.63) is 102 Å². The number of benzene rings is 4. The number of aromatic carboxylic acids is 1. The van der Waals surface area contributed by atoms with Gasteiger partial charge < -0.3 is 34.3 Å². The number of esters is 3. The van der Waals surface area contributed by atoms with Gasteiger partial charge in [-0.3, -0.25) is 0 Å². The normalized spacial score (nSPS) is 10.9. The fourth-order valence-corrected chi connectivity index (χ4v) is 6.32. The van der Waals surface area contributed by atoms with Crippen molar-refractivity contribution in [2.75, 3.05) is 7.11 Å². The van der Waals surface area contributed by atoms with E-state index in [1.807, 2.05) is 0 Å². The molecule has 0 bridgehead atoms. The number of phenols is 2. The molecule has 3 N–H and O–H groups in total. The molecule has 51 heavy (non-hydrogen) atoms. The Bertz CT molecular complexity index is 2110. The first-order valence-electron chi connectivity index (χ1n) is 16.1. The number of carboxylic acid groups (broad SMARTS) is 1. The van der Waals surface area contributed by atoms with Gasteiger partial charge in [-0.15, -0.1) is 0 Å². The molecular weight excluding hydrogens is 656 g/mol. The number of methoxy groups -OCH3 is 1. The number of carbonyl (C=O) groups excluding carboxylic acids is 3. The Morgan fingerprint density at radius 1 is 0.471 bits per heavy atom. The molecule has 0 aliphatic carbocycles. The van der Waals surface area contributed by atoms with Crippen molar-refractivity contribution in [2.45, 2.75) is 76.2 Å². The molecule has 4 aromatic rings. The van der Waals surface area contributed by atoms with Crippen LogP contribution in [0.3, 0.4) is 0 Å². The third kappa shape index (κ3) is 6.71. The van der Waals surface area contributed by atoms with Gasteiger partial charge in [0.05, 0.1) is 18.2 Å². The summed E-state index contributed by atoms with van der Waals surface area (Å²) in [6.45, 7) is 18.1. The Hall–Kier alpha value is -5.84. The lowest BCUT2D eigenvalue weighted by Crippen LogP contribution is -2.18. The van der Waals surface area contributed by atoms with Crippen LogP contribution in [0.1, 0.15) is 103 Å². The lowest BCUT2D eigenvalue weighted by Gasteiger charge is -2.21. The Morgan fingerprint density at radius 2 is 0.882 bits per heavy atom. The van der Waals surface area contributed by atoms with E-state index in [2.05, 4.69) is 0 Å². The number of hydrogen-bond donors (Lipinski definition) is 3. The second kappa shape index (κ2) is 14.2. The van der Waals surface area contributed by atoms with E-state index in [9.17, 15) is 34.5 Å². The highest BCUT2D eigenvalue weighted by molar-refractivity contribution is 6.00. The highest BCUT2D eigenvalue weighted by Gasteiger charge is 2.29. The van der Waals surface area contributed by atoms with Crippen LogP contribution in [-0.4, -0.2) is 46.3 Å². The van der Waals surface area contributed by atoms with Gasteiger partial charge in [0.1, 0.15) is 45.6 Å². The maximum Gasteiger partial charge on any atom is 0.347 e. The van der Waals surface area contributed by atoms with Crippen molar-refractivity contribution in [3.63, 3.8) is 0 Å². The SMILES string of the molecule is COc1cc(O)cc(C)c1C(=O)Oc1c(C)c(C)c(C(=O)Oc2cc(C)c(C(=O)Oc3c(C)c(C)c(C(=O)O)c(C)c3C)c(O)c2C)c(C)c1C. The van der Waals surface area contributed by atoms with Gasteiger partial charge in [-0.05, 0) is 144 Å². The van der Waals surface area contributed by atoms with Crippen molar-refractivity contribution < 1.29 is 53.4 Å². The number of carbonyl (C=O) groups is 4. The third-order valence-corrected chi connectivity index (χ3v) is 9.74. The fourth-order valence-electron chi connectivity index (χ4n) is 6.32. The predicted octanol–water partition coefficient (Wildman–Crippen LogP) is 7.85. The van der Waals surface area contributed by atoms with E-state index in [0.717, 1.165) is 0 Å². The summed E-state index contributed by atoms with van der Waals surface area (Å²) in [5, 5.41) is 30.8. The average Bonchev–Trinajstić information content (AvgIpc) is 3.05. The van der Waals surface area contributed by atoms with Crippen LogP contribution in [0.2, 0.25) is 0 Å². The molecule has 0 atom stereocenters.